The molecule has 16 heteroatoms. The van der Waals surface area contributed by atoms with Crippen molar-refractivity contribution in [3.8, 4) is 34.1 Å². The molecule has 14 nitrogen and oxygen atoms in total. The zero-order valence-electron chi connectivity index (χ0n) is 34.7. The molecule has 6 N–H and O–H groups in total. The molecule has 6 aromatic rings. The molecule has 322 valence electrons. The van der Waals surface area contributed by atoms with E-state index in [1.165, 1.54) is 36.4 Å². The zero-order chi connectivity index (χ0) is 43.5. The molecule has 0 aliphatic carbocycles. The van der Waals surface area contributed by atoms with Gasteiger partial charge in [-0.2, -0.15) is 0 Å². The van der Waals surface area contributed by atoms with E-state index < -0.39 is 20.0 Å². The standard InChI is InChI=1S/C23H27N3O4S.C22H25N3O4S/c1-15-13-26(14-16(2)24-15)19-7-10-22(27)21(12-19)25-31(28,29)20-8-5-18(6-9-20)23-11-4-17(3)30-23;1-15-13-25(14-16(2)23-15)18-7-10-21(26)20(12-18)24-30(27,28)19-8-5-17(6-9-19)22-4-3-11-29-22/h4-12,15-16,24-25,27H,13-14H2,1-3H3;3-12,15-16,23-24,26H,13-14H2,1-2H3/t2*15-,16+. The van der Waals surface area contributed by atoms with Crippen molar-refractivity contribution in [1.29, 1.82) is 0 Å². The summed E-state index contributed by atoms with van der Waals surface area (Å²) >= 11 is 0. The number of nitrogens with one attached hydrogen (secondary N) is 4. The van der Waals surface area contributed by atoms with Crippen LogP contribution in [0, 0.1) is 6.92 Å². The van der Waals surface area contributed by atoms with E-state index in [1.54, 1.807) is 60.9 Å². The Morgan fingerprint density at radius 1 is 0.574 bits per heavy atom. The predicted molar refractivity (Wildman–Crippen MR) is 239 cm³/mol. The van der Waals surface area contributed by atoms with Crippen molar-refractivity contribution >= 4 is 42.8 Å². The zero-order valence-corrected chi connectivity index (χ0v) is 36.3. The molecule has 2 aromatic heterocycles. The molecule has 0 spiro atoms. The van der Waals surface area contributed by atoms with Gasteiger partial charge in [0.05, 0.1) is 27.4 Å². The van der Waals surface area contributed by atoms with Crippen LogP contribution < -0.4 is 29.9 Å². The molecule has 4 aromatic carbocycles. The van der Waals surface area contributed by atoms with Crippen molar-refractivity contribution in [1.82, 2.24) is 10.6 Å². The number of phenols is 2. The third-order valence-corrected chi connectivity index (χ3v) is 13.2. The van der Waals surface area contributed by atoms with Crippen molar-refractivity contribution in [2.24, 2.45) is 0 Å². The highest BCUT2D eigenvalue weighted by molar-refractivity contribution is 7.93. The first kappa shape index (κ1) is 43.2. The minimum Gasteiger partial charge on any atom is -0.506 e. The lowest BCUT2D eigenvalue weighted by molar-refractivity contribution is 0.406. The average Bonchev–Trinajstić information content (AvgIpc) is 3.92. The molecule has 4 heterocycles. The van der Waals surface area contributed by atoms with Gasteiger partial charge in [-0.05, 0) is 144 Å². The second kappa shape index (κ2) is 18.0. The Morgan fingerprint density at radius 3 is 1.38 bits per heavy atom. The Morgan fingerprint density at radius 2 is 1.00 bits per heavy atom. The second-order valence-corrected chi connectivity index (χ2v) is 19.2. The van der Waals surface area contributed by atoms with Crippen molar-refractivity contribution < 1.29 is 35.9 Å². The van der Waals surface area contributed by atoms with Crippen LogP contribution in [0.2, 0.25) is 0 Å². The molecule has 4 atom stereocenters. The Kier molecular flexibility index (Phi) is 12.7. The second-order valence-electron chi connectivity index (χ2n) is 15.8. The first-order valence-electron chi connectivity index (χ1n) is 20.1. The highest BCUT2D eigenvalue weighted by Gasteiger charge is 2.25. The molecular weight excluding hydrogens is 817 g/mol. The van der Waals surface area contributed by atoms with Gasteiger partial charge in [0.1, 0.15) is 28.8 Å². The van der Waals surface area contributed by atoms with Gasteiger partial charge in [0, 0.05) is 72.8 Å². The fourth-order valence-electron chi connectivity index (χ4n) is 7.72. The van der Waals surface area contributed by atoms with Crippen LogP contribution in [0.1, 0.15) is 33.5 Å². The van der Waals surface area contributed by atoms with Crippen LogP contribution in [0.4, 0.5) is 22.7 Å². The monoisotopic (exact) mass is 868 g/mol. The number of hydrogen-bond donors (Lipinski definition) is 6. The third kappa shape index (κ3) is 10.5. The maximum absolute atomic E-state index is 12.9. The minimum atomic E-state index is -3.87. The summed E-state index contributed by atoms with van der Waals surface area (Å²) in [6, 6.07) is 31.4. The summed E-state index contributed by atoms with van der Waals surface area (Å²) in [6.45, 7) is 13.5. The van der Waals surface area contributed by atoms with Crippen LogP contribution in [0.3, 0.4) is 0 Å². The highest BCUT2D eigenvalue weighted by atomic mass is 32.2. The van der Waals surface area contributed by atoms with Crippen molar-refractivity contribution in [3.63, 3.8) is 0 Å². The van der Waals surface area contributed by atoms with Gasteiger partial charge in [-0.3, -0.25) is 9.44 Å². The van der Waals surface area contributed by atoms with E-state index in [2.05, 4.69) is 57.6 Å². The van der Waals surface area contributed by atoms with Crippen LogP contribution in [0.5, 0.6) is 11.5 Å². The number of phenolic OH excluding ortho intramolecular Hbond substituents is 2. The number of aryl methyl sites for hydroxylation is 1. The van der Waals surface area contributed by atoms with E-state index in [0.29, 0.717) is 35.7 Å². The van der Waals surface area contributed by atoms with Crippen LogP contribution in [-0.2, 0) is 20.0 Å². The fraction of sp³-hybridized carbons (Fsp3) is 0.289. The molecule has 0 radical (unpaired) electrons. The van der Waals surface area contributed by atoms with Gasteiger partial charge in [0.25, 0.3) is 20.0 Å². The Hall–Kier alpha value is -5.94. The van der Waals surface area contributed by atoms with Gasteiger partial charge >= 0.3 is 0 Å². The maximum atomic E-state index is 12.9. The Labute approximate surface area is 357 Å². The number of benzene rings is 4. The van der Waals surface area contributed by atoms with E-state index in [1.807, 2.05) is 25.1 Å². The molecule has 2 fully saturated rings. The van der Waals surface area contributed by atoms with E-state index in [-0.39, 0.29) is 32.7 Å². The summed E-state index contributed by atoms with van der Waals surface area (Å²) in [5.74, 6) is 1.89. The van der Waals surface area contributed by atoms with Gasteiger partial charge < -0.3 is 39.5 Å². The number of hydrogen-bond acceptors (Lipinski definition) is 12. The molecule has 2 saturated heterocycles. The van der Waals surface area contributed by atoms with Gasteiger partial charge in [0.15, 0.2) is 0 Å². The quantitative estimate of drug-likeness (QED) is 0.0742. The van der Waals surface area contributed by atoms with E-state index in [0.717, 1.165) is 54.4 Å². The molecular formula is C45H52N6O8S2. The molecule has 2 aliphatic heterocycles. The summed E-state index contributed by atoms with van der Waals surface area (Å²) < 4.78 is 67.6. The average molecular weight is 869 g/mol. The number of aromatic hydroxyl groups is 2. The predicted octanol–water partition coefficient (Wildman–Crippen LogP) is 7.59. The molecule has 0 unspecified atom stereocenters. The van der Waals surface area contributed by atoms with Crippen LogP contribution in [0.25, 0.3) is 22.6 Å². The summed E-state index contributed by atoms with van der Waals surface area (Å²) in [5.41, 5.74) is 3.60. The minimum absolute atomic E-state index is 0.104. The topological polar surface area (TPSA) is 190 Å². The number of rotatable bonds is 10. The molecule has 8 rings (SSSR count). The summed E-state index contributed by atoms with van der Waals surface area (Å²) in [4.78, 5) is 4.57. The SMILES string of the molecule is C[C@@H]1CN(c2ccc(O)c(NS(=O)(=O)c3ccc(-c4ccco4)cc3)c2)C[C@H](C)N1.Cc1ccc(-c2ccc(S(=O)(=O)Nc3cc(N4C[C@@H](C)N[C@@H](C)C4)ccc3O)cc2)o1. The summed E-state index contributed by atoms with van der Waals surface area (Å²) in [7, 11) is -7.73. The van der Waals surface area contributed by atoms with Gasteiger partial charge in [-0.25, -0.2) is 16.8 Å². The smallest absolute Gasteiger partial charge is 0.262 e. The van der Waals surface area contributed by atoms with Gasteiger partial charge in [-0.1, -0.05) is 0 Å². The molecule has 2 aliphatic rings. The van der Waals surface area contributed by atoms with Crippen molar-refractivity contribution in [3.05, 3.63) is 121 Å². The number of furan rings is 2. The Balaban J connectivity index is 0.000000184. The number of nitrogens with zero attached hydrogens (tertiary/aromatic N) is 2. The maximum Gasteiger partial charge on any atom is 0.262 e. The molecule has 0 saturated carbocycles. The third-order valence-electron chi connectivity index (χ3n) is 10.5. The largest absolute Gasteiger partial charge is 0.506 e. The molecule has 0 amide bonds. The lowest BCUT2D eigenvalue weighted by Gasteiger charge is -2.37. The summed E-state index contributed by atoms with van der Waals surface area (Å²) in [5, 5.41) is 27.5. The van der Waals surface area contributed by atoms with Crippen molar-refractivity contribution in [2.45, 2.75) is 68.6 Å². The van der Waals surface area contributed by atoms with Crippen LogP contribution in [0.15, 0.2) is 134 Å². The first-order valence-corrected chi connectivity index (χ1v) is 23.0. The number of sulfonamides is 2. The van der Waals surface area contributed by atoms with E-state index in [4.69, 9.17) is 8.83 Å². The van der Waals surface area contributed by atoms with Gasteiger partial charge in [-0.15, -0.1) is 0 Å². The lowest BCUT2D eigenvalue weighted by Crippen LogP contribution is -2.54. The van der Waals surface area contributed by atoms with E-state index in [9.17, 15) is 27.0 Å². The molecule has 0 bridgehead atoms. The lowest BCUT2D eigenvalue weighted by atomic mass is 10.1. The molecule has 61 heavy (non-hydrogen) atoms. The van der Waals surface area contributed by atoms with Crippen LogP contribution >= 0.6 is 0 Å². The Bertz CT molecular complexity index is 2630. The number of anilines is 4. The van der Waals surface area contributed by atoms with Gasteiger partial charge in [0.2, 0.25) is 0 Å². The normalized spacial score (nSPS) is 19.5. The van der Waals surface area contributed by atoms with Crippen molar-refractivity contribution in [2.75, 3.05) is 45.4 Å². The van der Waals surface area contributed by atoms with Crippen LogP contribution in [-0.4, -0.2) is 77.4 Å². The fourth-order valence-corrected chi connectivity index (χ4v) is 9.85. The first-order chi connectivity index (χ1) is 29.0. The highest BCUT2D eigenvalue weighted by Crippen LogP contribution is 2.34. The van der Waals surface area contributed by atoms with E-state index >= 15 is 0 Å². The number of piperazine rings is 2. The summed E-state index contributed by atoms with van der Waals surface area (Å²) in [6.07, 6.45) is 1.57.